The molecule has 1 aromatic carbocycles. The van der Waals surface area contributed by atoms with Gasteiger partial charge in [0, 0.05) is 6.04 Å². The van der Waals surface area contributed by atoms with E-state index in [9.17, 15) is 0 Å². The molecule has 0 aliphatic rings. The lowest BCUT2D eigenvalue weighted by molar-refractivity contribution is 0.819. The van der Waals surface area contributed by atoms with Crippen LogP contribution in [-0.4, -0.2) is 14.5 Å². The molecule has 0 saturated carbocycles. The molecule has 0 fully saturated rings. The van der Waals surface area contributed by atoms with Crippen LogP contribution in [0.2, 0.25) is 0 Å². The van der Waals surface area contributed by atoms with Crippen molar-refractivity contribution in [2.45, 2.75) is 13.0 Å². The fourth-order valence-corrected chi connectivity index (χ4v) is 2.36. The molecule has 2 aromatic heterocycles. The van der Waals surface area contributed by atoms with Crippen molar-refractivity contribution in [1.82, 2.24) is 14.5 Å². The van der Waals surface area contributed by atoms with Crippen LogP contribution in [0, 0.1) is 0 Å². The first-order chi connectivity index (χ1) is 9.15. The van der Waals surface area contributed by atoms with Gasteiger partial charge in [-0.1, -0.05) is 12.1 Å². The third kappa shape index (κ3) is 2.27. The van der Waals surface area contributed by atoms with Gasteiger partial charge < -0.3 is 5.73 Å². The van der Waals surface area contributed by atoms with Crippen LogP contribution < -0.4 is 5.73 Å². The van der Waals surface area contributed by atoms with Crippen LogP contribution in [0.25, 0.3) is 16.9 Å². The Balaban J connectivity index is 2.16. The number of pyridine rings is 1. The third-order valence-corrected chi connectivity index (χ3v) is 3.49. The number of hydrogen-bond donors (Lipinski definition) is 1. The van der Waals surface area contributed by atoms with E-state index in [1.807, 2.05) is 47.9 Å². The number of aromatic nitrogens is 3. The normalized spacial score (nSPS) is 12.8. The molecule has 5 heteroatoms. The number of rotatable bonds is 2. The highest BCUT2D eigenvalue weighted by molar-refractivity contribution is 9.10. The standard InChI is InChI=1S/C14H13BrN4/c1-9(16)10-5-6-12-11(7-10)17-8-19(12)14-4-2-3-13(15)18-14/h2-9H,16H2,1H3/t9-/m1/s1. The Morgan fingerprint density at radius 1 is 1.26 bits per heavy atom. The van der Waals surface area contributed by atoms with Gasteiger partial charge in [0.05, 0.1) is 11.0 Å². The second kappa shape index (κ2) is 4.75. The van der Waals surface area contributed by atoms with Crippen molar-refractivity contribution in [3.05, 3.63) is 52.9 Å². The summed E-state index contributed by atoms with van der Waals surface area (Å²) in [5.41, 5.74) is 8.92. The lowest BCUT2D eigenvalue weighted by Gasteiger charge is -2.06. The molecule has 19 heavy (non-hydrogen) atoms. The molecule has 0 radical (unpaired) electrons. The molecule has 0 saturated heterocycles. The highest BCUT2D eigenvalue weighted by Gasteiger charge is 2.08. The molecular formula is C14H13BrN4. The number of benzene rings is 1. The molecule has 4 nitrogen and oxygen atoms in total. The quantitative estimate of drug-likeness (QED) is 0.739. The summed E-state index contributed by atoms with van der Waals surface area (Å²) >= 11 is 3.38. The Kier molecular flexibility index (Phi) is 3.08. The average Bonchev–Trinajstić information content (AvgIpc) is 2.81. The summed E-state index contributed by atoms with van der Waals surface area (Å²) in [5, 5.41) is 0. The SMILES string of the molecule is C[C@@H](N)c1ccc2c(c1)ncn2-c1cccc(Br)n1. The van der Waals surface area contributed by atoms with Crippen LogP contribution in [0.5, 0.6) is 0 Å². The van der Waals surface area contributed by atoms with Crippen molar-refractivity contribution < 1.29 is 0 Å². The largest absolute Gasteiger partial charge is 0.324 e. The van der Waals surface area contributed by atoms with Crippen LogP contribution in [-0.2, 0) is 0 Å². The first-order valence-electron chi connectivity index (χ1n) is 6.00. The smallest absolute Gasteiger partial charge is 0.139 e. The molecule has 2 N–H and O–H groups in total. The van der Waals surface area contributed by atoms with Gasteiger partial charge >= 0.3 is 0 Å². The van der Waals surface area contributed by atoms with Crippen molar-refractivity contribution >= 4 is 27.0 Å². The fraction of sp³-hybridized carbons (Fsp3) is 0.143. The Morgan fingerprint density at radius 2 is 2.11 bits per heavy atom. The predicted molar refractivity (Wildman–Crippen MR) is 79.2 cm³/mol. The molecule has 1 atom stereocenters. The zero-order valence-corrected chi connectivity index (χ0v) is 12.0. The zero-order chi connectivity index (χ0) is 13.4. The summed E-state index contributed by atoms with van der Waals surface area (Å²) in [6.45, 7) is 1.97. The number of nitrogens with zero attached hydrogens (tertiary/aromatic N) is 3. The second-order valence-electron chi connectivity index (χ2n) is 4.47. The molecule has 2 heterocycles. The van der Waals surface area contributed by atoms with E-state index in [2.05, 4.69) is 25.9 Å². The summed E-state index contributed by atoms with van der Waals surface area (Å²) in [5.74, 6) is 0.838. The Labute approximate surface area is 119 Å². The number of halogens is 1. The Morgan fingerprint density at radius 3 is 2.84 bits per heavy atom. The molecule has 0 bridgehead atoms. The van der Waals surface area contributed by atoms with Crippen LogP contribution in [0.3, 0.4) is 0 Å². The van der Waals surface area contributed by atoms with Gasteiger partial charge in [0.1, 0.15) is 16.7 Å². The van der Waals surface area contributed by atoms with E-state index in [1.54, 1.807) is 6.33 Å². The van der Waals surface area contributed by atoms with Gasteiger partial charge in [0.2, 0.25) is 0 Å². The van der Waals surface area contributed by atoms with Crippen LogP contribution >= 0.6 is 15.9 Å². The predicted octanol–water partition coefficient (Wildman–Crippen LogP) is 3.20. The van der Waals surface area contributed by atoms with Crippen molar-refractivity contribution in [3.8, 4) is 5.82 Å². The summed E-state index contributed by atoms with van der Waals surface area (Å²) in [7, 11) is 0. The van der Waals surface area contributed by atoms with E-state index in [0.717, 1.165) is 27.0 Å². The van der Waals surface area contributed by atoms with E-state index in [1.165, 1.54) is 0 Å². The molecular weight excluding hydrogens is 304 g/mol. The number of imidazole rings is 1. The minimum absolute atomic E-state index is 0.0125. The monoisotopic (exact) mass is 316 g/mol. The Bertz CT molecular complexity index is 733. The number of fused-ring (bicyclic) bond motifs is 1. The van der Waals surface area contributed by atoms with Gasteiger partial charge in [0.15, 0.2) is 0 Å². The van der Waals surface area contributed by atoms with Crippen molar-refractivity contribution in [2.75, 3.05) is 0 Å². The topological polar surface area (TPSA) is 56.7 Å². The van der Waals surface area contributed by atoms with Gasteiger partial charge in [0.25, 0.3) is 0 Å². The summed E-state index contributed by atoms with van der Waals surface area (Å²) in [6.07, 6.45) is 1.78. The van der Waals surface area contributed by atoms with Crippen LogP contribution in [0.15, 0.2) is 47.3 Å². The van der Waals surface area contributed by atoms with Gasteiger partial charge in [-0.25, -0.2) is 9.97 Å². The average molecular weight is 317 g/mol. The molecule has 0 amide bonds. The molecule has 0 aliphatic heterocycles. The molecule has 0 aliphatic carbocycles. The molecule has 0 unspecified atom stereocenters. The van der Waals surface area contributed by atoms with Crippen molar-refractivity contribution in [1.29, 1.82) is 0 Å². The van der Waals surface area contributed by atoms with E-state index in [4.69, 9.17) is 5.73 Å². The molecule has 3 aromatic rings. The van der Waals surface area contributed by atoms with Gasteiger partial charge in [-0.15, -0.1) is 0 Å². The molecule has 0 spiro atoms. The van der Waals surface area contributed by atoms with E-state index in [0.29, 0.717) is 0 Å². The highest BCUT2D eigenvalue weighted by atomic mass is 79.9. The van der Waals surface area contributed by atoms with E-state index >= 15 is 0 Å². The van der Waals surface area contributed by atoms with Gasteiger partial charge in [-0.05, 0) is 52.7 Å². The van der Waals surface area contributed by atoms with Crippen LogP contribution in [0.1, 0.15) is 18.5 Å². The maximum atomic E-state index is 5.89. The minimum atomic E-state index is 0.0125. The van der Waals surface area contributed by atoms with E-state index in [-0.39, 0.29) is 6.04 Å². The number of nitrogens with two attached hydrogens (primary N) is 1. The number of hydrogen-bond acceptors (Lipinski definition) is 3. The fourth-order valence-electron chi connectivity index (χ4n) is 2.03. The maximum Gasteiger partial charge on any atom is 0.139 e. The second-order valence-corrected chi connectivity index (χ2v) is 5.28. The molecule has 96 valence electrons. The highest BCUT2D eigenvalue weighted by Crippen LogP contribution is 2.21. The minimum Gasteiger partial charge on any atom is -0.324 e. The summed E-state index contributed by atoms with van der Waals surface area (Å²) in [4.78, 5) is 8.86. The first-order valence-corrected chi connectivity index (χ1v) is 6.80. The lowest BCUT2D eigenvalue weighted by Crippen LogP contribution is -2.04. The van der Waals surface area contributed by atoms with Gasteiger partial charge in [-0.2, -0.15) is 0 Å². The van der Waals surface area contributed by atoms with Crippen molar-refractivity contribution in [3.63, 3.8) is 0 Å². The molecule has 3 rings (SSSR count). The zero-order valence-electron chi connectivity index (χ0n) is 10.4. The van der Waals surface area contributed by atoms with Crippen molar-refractivity contribution in [2.24, 2.45) is 5.73 Å². The van der Waals surface area contributed by atoms with E-state index < -0.39 is 0 Å². The maximum absolute atomic E-state index is 5.89. The Hall–Kier alpha value is -1.72. The third-order valence-electron chi connectivity index (χ3n) is 3.04. The lowest BCUT2D eigenvalue weighted by atomic mass is 10.1. The first kappa shape index (κ1) is 12.3. The van der Waals surface area contributed by atoms with Gasteiger partial charge in [-0.3, -0.25) is 4.57 Å². The summed E-state index contributed by atoms with van der Waals surface area (Å²) in [6, 6.07) is 11.9. The summed E-state index contributed by atoms with van der Waals surface area (Å²) < 4.78 is 2.77. The van der Waals surface area contributed by atoms with Crippen LogP contribution in [0.4, 0.5) is 0 Å².